The summed E-state index contributed by atoms with van der Waals surface area (Å²) in [6.07, 6.45) is 5.73. The molecule has 0 aliphatic carbocycles. The van der Waals surface area contributed by atoms with Crippen molar-refractivity contribution in [2.45, 2.75) is 39.7 Å². The Kier molecular flexibility index (Phi) is 7.66. The third-order valence-electron chi connectivity index (χ3n) is 4.25. The Balaban J connectivity index is 1.86. The van der Waals surface area contributed by atoms with Crippen LogP contribution in [-0.2, 0) is 24.8 Å². The molecular formula is C20H29N3O3. The molecule has 6 nitrogen and oxygen atoms in total. The molecule has 0 unspecified atom stereocenters. The summed E-state index contributed by atoms with van der Waals surface area (Å²) >= 11 is 0. The number of benzene rings is 1. The smallest absolute Gasteiger partial charge is 0.222 e. The number of aromatic nitrogens is 2. The van der Waals surface area contributed by atoms with E-state index in [0.29, 0.717) is 26.1 Å². The van der Waals surface area contributed by atoms with E-state index in [0.717, 1.165) is 29.7 Å². The zero-order valence-electron chi connectivity index (χ0n) is 15.9. The standard InChI is InChI=1S/C20H29N3O3/c1-4-26-19-9-8-17(12-16(19)2)6-5-7-20(25)23(10-11-24)15-18-13-21-22(3)14-18/h8-9,12-14,24H,4-7,10-11,15H2,1-3H3. The quantitative estimate of drug-likeness (QED) is 0.708. The lowest BCUT2D eigenvalue weighted by atomic mass is 10.0. The fraction of sp³-hybridized carbons (Fsp3) is 0.500. The molecule has 0 aliphatic heterocycles. The highest BCUT2D eigenvalue weighted by Crippen LogP contribution is 2.20. The highest BCUT2D eigenvalue weighted by Gasteiger charge is 2.14. The van der Waals surface area contributed by atoms with Crippen molar-refractivity contribution in [2.75, 3.05) is 19.8 Å². The molecule has 6 heteroatoms. The van der Waals surface area contributed by atoms with Crippen molar-refractivity contribution in [2.24, 2.45) is 7.05 Å². The molecule has 1 aromatic heterocycles. The molecule has 0 radical (unpaired) electrons. The van der Waals surface area contributed by atoms with Crippen LogP contribution >= 0.6 is 0 Å². The van der Waals surface area contributed by atoms with E-state index in [4.69, 9.17) is 4.74 Å². The monoisotopic (exact) mass is 359 g/mol. The van der Waals surface area contributed by atoms with Crippen molar-refractivity contribution in [1.29, 1.82) is 0 Å². The third kappa shape index (κ3) is 5.88. The largest absolute Gasteiger partial charge is 0.494 e. The molecule has 0 spiro atoms. The average molecular weight is 359 g/mol. The second kappa shape index (κ2) is 9.97. The molecule has 0 fully saturated rings. The molecule has 2 aromatic rings. The molecule has 1 aromatic carbocycles. The number of carbonyl (C=O) groups excluding carboxylic acids is 1. The number of hydrogen-bond acceptors (Lipinski definition) is 4. The molecule has 0 bridgehead atoms. The van der Waals surface area contributed by atoms with E-state index in [1.807, 2.05) is 33.2 Å². The first-order chi connectivity index (χ1) is 12.5. The van der Waals surface area contributed by atoms with Gasteiger partial charge >= 0.3 is 0 Å². The summed E-state index contributed by atoms with van der Waals surface area (Å²) < 4.78 is 7.27. The van der Waals surface area contributed by atoms with Gasteiger partial charge in [-0.25, -0.2) is 0 Å². The van der Waals surface area contributed by atoms with Crippen molar-refractivity contribution in [3.8, 4) is 5.75 Å². The highest BCUT2D eigenvalue weighted by molar-refractivity contribution is 5.76. The molecule has 0 atom stereocenters. The van der Waals surface area contributed by atoms with E-state index in [9.17, 15) is 9.90 Å². The molecule has 142 valence electrons. The van der Waals surface area contributed by atoms with Gasteiger partial charge in [0.1, 0.15) is 5.75 Å². The van der Waals surface area contributed by atoms with Crippen LogP contribution in [-0.4, -0.2) is 45.5 Å². The summed E-state index contributed by atoms with van der Waals surface area (Å²) in [5.41, 5.74) is 3.30. The van der Waals surface area contributed by atoms with Gasteiger partial charge in [-0.05, 0) is 43.9 Å². The number of aryl methyl sites for hydroxylation is 3. The van der Waals surface area contributed by atoms with Gasteiger partial charge in [-0.3, -0.25) is 9.48 Å². The van der Waals surface area contributed by atoms with Crippen LogP contribution < -0.4 is 4.74 Å². The average Bonchev–Trinajstić information content (AvgIpc) is 3.02. The van der Waals surface area contributed by atoms with E-state index < -0.39 is 0 Å². The maximum Gasteiger partial charge on any atom is 0.222 e. The number of ether oxygens (including phenoxy) is 1. The Morgan fingerprint density at radius 1 is 1.35 bits per heavy atom. The number of hydrogen-bond donors (Lipinski definition) is 1. The van der Waals surface area contributed by atoms with Crippen molar-refractivity contribution >= 4 is 5.91 Å². The summed E-state index contributed by atoms with van der Waals surface area (Å²) in [7, 11) is 1.85. The van der Waals surface area contributed by atoms with E-state index in [1.165, 1.54) is 5.56 Å². The molecule has 0 saturated carbocycles. The predicted molar refractivity (Wildman–Crippen MR) is 101 cm³/mol. The molecule has 1 heterocycles. The lowest BCUT2D eigenvalue weighted by Gasteiger charge is -2.21. The number of rotatable bonds is 10. The summed E-state index contributed by atoms with van der Waals surface area (Å²) in [6.45, 7) is 5.46. The maximum absolute atomic E-state index is 12.5. The minimum Gasteiger partial charge on any atom is -0.494 e. The first kappa shape index (κ1) is 20.0. The molecule has 0 aliphatic rings. The summed E-state index contributed by atoms with van der Waals surface area (Å²) in [6, 6.07) is 6.18. The predicted octanol–water partition coefficient (Wildman–Crippen LogP) is 2.47. The zero-order valence-corrected chi connectivity index (χ0v) is 15.9. The fourth-order valence-corrected chi connectivity index (χ4v) is 2.97. The fourth-order valence-electron chi connectivity index (χ4n) is 2.97. The topological polar surface area (TPSA) is 67.6 Å². The van der Waals surface area contributed by atoms with Gasteiger partial charge in [0.05, 0.1) is 19.4 Å². The van der Waals surface area contributed by atoms with Gasteiger partial charge in [0.2, 0.25) is 5.91 Å². The van der Waals surface area contributed by atoms with E-state index >= 15 is 0 Å². The Hall–Kier alpha value is -2.34. The molecule has 26 heavy (non-hydrogen) atoms. The van der Waals surface area contributed by atoms with E-state index in [2.05, 4.69) is 17.2 Å². The van der Waals surface area contributed by atoms with Crippen LogP contribution in [0.5, 0.6) is 5.75 Å². The van der Waals surface area contributed by atoms with Gasteiger partial charge < -0.3 is 14.7 Å². The van der Waals surface area contributed by atoms with Crippen molar-refractivity contribution in [3.05, 3.63) is 47.3 Å². The Morgan fingerprint density at radius 2 is 2.15 bits per heavy atom. The van der Waals surface area contributed by atoms with Crippen LogP contribution in [0.4, 0.5) is 0 Å². The highest BCUT2D eigenvalue weighted by atomic mass is 16.5. The van der Waals surface area contributed by atoms with Gasteiger partial charge in [0, 0.05) is 38.3 Å². The minimum absolute atomic E-state index is 0.0376. The number of carbonyl (C=O) groups is 1. The normalized spacial score (nSPS) is 10.8. The summed E-state index contributed by atoms with van der Waals surface area (Å²) in [5, 5.41) is 13.4. The second-order valence-electron chi connectivity index (χ2n) is 6.45. The van der Waals surface area contributed by atoms with Crippen molar-refractivity contribution in [3.63, 3.8) is 0 Å². The van der Waals surface area contributed by atoms with E-state index in [1.54, 1.807) is 15.8 Å². The molecule has 1 amide bonds. The minimum atomic E-state index is -0.0376. The van der Waals surface area contributed by atoms with Crippen LogP contribution in [0.1, 0.15) is 36.5 Å². The number of aliphatic hydroxyl groups excluding tert-OH is 1. The number of aliphatic hydroxyl groups is 1. The van der Waals surface area contributed by atoms with Crippen molar-refractivity contribution < 1.29 is 14.6 Å². The molecule has 1 N–H and O–H groups in total. The molecule has 2 rings (SSSR count). The SMILES string of the molecule is CCOc1ccc(CCCC(=O)N(CCO)Cc2cnn(C)c2)cc1C. The van der Waals surface area contributed by atoms with Gasteiger partial charge in [0.15, 0.2) is 0 Å². The van der Waals surface area contributed by atoms with Gasteiger partial charge in [-0.1, -0.05) is 12.1 Å². The lowest BCUT2D eigenvalue weighted by Crippen LogP contribution is -2.32. The zero-order chi connectivity index (χ0) is 18.9. The third-order valence-corrected chi connectivity index (χ3v) is 4.25. The van der Waals surface area contributed by atoms with Crippen LogP contribution in [0.3, 0.4) is 0 Å². The first-order valence-corrected chi connectivity index (χ1v) is 9.12. The van der Waals surface area contributed by atoms with Gasteiger partial charge in [0.25, 0.3) is 0 Å². The number of nitrogens with zero attached hydrogens (tertiary/aromatic N) is 3. The Labute approximate surface area is 155 Å². The maximum atomic E-state index is 12.5. The van der Waals surface area contributed by atoms with Crippen LogP contribution in [0.15, 0.2) is 30.6 Å². The van der Waals surface area contributed by atoms with E-state index in [-0.39, 0.29) is 12.5 Å². The number of amides is 1. The van der Waals surface area contributed by atoms with Gasteiger partial charge in [-0.15, -0.1) is 0 Å². The summed E-state index contributed by atoms with van der Waals surface area (Å²) in [5.74, 6) is 0.975. The van der Waals surface area contributed by atoms with Crippen LogP contribution in [0, 0.1) is 6.92 Å². The second-order valence-corrected chi connectivity index (χ2v) is 6.45. The van der Waals surface area contributed by atoms with Crippen LogP contribution in [0.2, 0.25) is 0 Å². The molecule has 0 saturated heterocycles. The van der Waals surface area contributed by atoms with Crippen LogP contribution in [0.25, 0.3) is 0 Å². The van der Waals surface area contributed by atoms with Crippen molar-refractivity contribution in [1.82, 2.24) is 14.7 Å². The Bertz CT molecular complexity index is 712. The Morgan fingerprint density at radius 3 is 2.77 bits per heavy atom. The summed E-state index contributed by atoms with van der Waals surface area (Å²) in [4.78, 5) is 14.2. The van der Waals surface area contributed by atoms with Gasteiger partial charge in [-0.2, -0.15) is 5.10 Å². The lowest BCUT2D eigenvalue weighted by molar-refractivity contribution is -0.132. The first-order valence-electron chi connectivity index (χ1n) is 9.12. The molecular weight excluding hydrogens is 330 g/mol.